The van der Waals surface area contributed by atoms with Crippen LogP contribution in [0.4, 0.5) is 5.69 Å². The van der Waals surface area contributed by atoms with Crippen LogP contribution in [-0.4, -0.2) is 16.6 Å². The molecule has 0 radical (unpaired) electrons. The van der Waals surface area contributed by atoms with E-state index in [0.717, 1.165) is 12.8 Å². The summed E-state index contributed by atoms with van der Waals surface area (Å²) < 4.78 is 5.63. The molecule has 0 amide bonds. The predicted octanol–water partition coefficient (Wildman–Crippen LogP) is 3.05. The lowest BCUT2D eigenvalue weighted by Crippen LogP contribution is -2.15. The molecule has 0 unspecified atom stereocenters. The molecule has 2 rings (SSSR count). The number of nitrogens with zero attached hydrogens (tertiary/aromatic N) is 1. The zero-order valence-electron chi connectivity index (χ0n) is 10.9. The fraction of sp³-hybridized carbons (Fsp3) is 0.571. The number of nitro benzene ring substituents is 1. The molecule has 0 aliphatic heterocycles. The summed E-state index contributed by atoms with van der Waals surface area (Å²) in [6.45, 7) is 0.382. The van der Waals surface area contributed by atoms with Crippen LogP contribution in [0.3, 0.4) is 0 Å². The van der Waals surface area contributed by atoms with Crippen molar-refractivity contribution in [3.8, 4) is 5.75 Å². The molecule has 5 nitrogen and oxygen atoms in total. The first kappa shape index (κ1) is 13.8. The van der Waals surface area contributed by atoms with Gasteiger partial charge in [0.25, 0.3) is 0 Å². The second-order valence-corrected chi connectivity index (χ2v) is 5.03. The van der Waals surface area contributed by atoms with Gasteiger partial charge in [0.15, 0.2) is 5.75 Å². The summed E-state index contributed by atoms with van der Waals surface area (Å²) in [6.07, 6.45) is 5.97. The molecule has 1 aromatic carbocycles. The van der Waals surface area contributed by atoms with Crippen molar-refractivity contribution in [2.45, 2.75) is 38.7 Å². The smallest absolute Gasteiger partial charge is 0.310 e. The molecule has 1 aliphatic carbocycles. The van der Waals surface area contributed by atoms with E-state index in [-0.39, 0.29) is 18.0 Å². The number of nitro groups is 1. The maximum atomic E-state index is 10.9. The van der Waals surface area contributed by atoms with Crippen LogP contribution >= 0.6 is 0 Å². The van der Waals surface area contributed by atoms with Gasteiger partial charge in [0, 0.05) is 6.07 Å². The molecule has 0 heterocycles. The van der Waals surface area contributed by atoms with Crippen LogP contribution in [0.15, 0.2) is 18.2 Å². The summed E-state index contributed by atoms with van der Waals surface area (Å²) in [4.78, 5) is 10.5. The summed E-state index contributed by atoms with van der Waals surface area (Å²) in [7, 11) is 0. The number of benzene rings is 1. The van der Waals surface area contributed by atoms with Crippen LogP contribution in [0.5, 0.6) is 5.75 Å². The molecule has 1 aliphatic rings. The number of rotatable bonds is 5. The minimum absolute atomic E-state index is 0.0343. The fourth-order valence-corrected chi connectivity index (χ4v) is 2.48. The van der Waals surface area contributed by atoms with Crippen LogP contribution in [-0.2, 0) is 6.61 Å². The second-order valence-electron chi connectivity index (χ2n) is 5.03. The second kappa shape index (κ2) is 6.52. The largest absolute Gasteiger partial charge is 0.487 e. The van der Waals surface area contributed by atoms with E-state index in [1.54, 1.807) is 12.1 Å². The Bertz CT molecular complexity index is 441. The van der Waals surface area contributed by atoms with Crippen LogP contribution < -0.4 is 4.74 Å². The first-order chi connectivity index (χ1) is 9.20. The Morgan fingerprint density at radius 3 is 2.68 bits per heavy atom. The molecular formula is C14H19NO4. The van der Waals surface area contributed by atoms with E-state index in [1.807, 2.05) is 0 Å². The van der Waals surface area contributed by atoms with Gasteiger partial charge in [-0.1, -0.05) is 19.3 Å². The molecule has 0 spiro atoms. The van der Waals surface area contributed by atoms with E-state index in [0.29, 0.717) is 18.1 Å². The lowest BCUT2D eigenvalue weighted by atomic mass is 9.90. The standard InChI is InChI=1S/C14H19NO4/c16-9-12-6-7-13(15(17)18)14(8-12)19-10-11-4-2-1-3-5-11/h6-8,11,16H,1-5,9-10H2. The van der Waals surface area contributed by atoms with Crippen LogP contribution in [0.2, 0.25) is 0 Å². The highest BCUT2D eigenvalue weighted by Crippen LogP contribution is 2.30. The molecule has 5 heteroatoms. The normalized spacial score (nSPS) is 16.3. The van der Waals surface area contributed by atoms with Gasteiger partial charge in [0.05, 0.1) is 18.1 Å². The van der Waals surface area contributed by atoms with Gasteiger partial charge in [-0.2, -0.15) is 0 Å². The zero-order chi connectivity index (χ0) is 13.7. The average molecular weight is 265 g/mol. The summed E-state index contributed by atoms with van der Waals surface area (Å²) >= 11 is 0. The third-order valence-electron chi connectivity index (χ3n) is 3.60. The Morgan fingerprint density at radius 2 is 2.05 bits per heavy atom. The zero-order valence-corrected chi connectivity index (χ0v) is 10.9. The van der Waals surface area contributed by atoms with Crippen molar-refractivity contribution >= 4 is 5.69 Å². The van der Waals surface area contributed by atoms with E-state index in [2.05, 4.69) is 0 Å². The van der Waals surface area contributed by atoms with Crippen molar-refractivity contribution in [1.29, 1.82) is 0 Å². The Kier molecular flexibility index (Phi) is 4.74. The number of aliphatic hydroxyl groups is 1. The Balaban J connectivity index is 2.06. The first-order valence-electron chi connectivity index (χ1n) is 6.71. The summed E-state index contributed by atoms with van der Waals surface area (Å²) in [5, 5.41) is 20.0. The maximum Gasteiger partial charge on any atom is 0.310 e. The quantitative estimate of drug-likeness (QED) is 0.656. The summed E-state index contributed by atoms with van der Waals surface area (Å²) in [5.41, 5.74) is 0.595. The Labute approximate surface area is 112 Å². The van der Waals surface area contributed by atoms with Crippen LogP contribution in [0.25, 0.3) is 0 Å². The maximum absolute atomic E-state index is 10.9. The van der Waals surface area contributed by atoms with Crippen molar-refractivity contribution in [3.63, 3.8) is 0 Å². The van der Waals surface area contributed by atoms with Gasteiger partial charge in [-0.3, -0.25) is 10.1 Å². The van der Waals surface area contributed by atoms with Gasteiger partial charge >= 0.3 is 5.69 Å². The molecule has 1 aromatic rings. The van der Waals surface area contributed by atoms with Crippen molar-refractivity contribution < 1.29 is 14.8 Å². The molecule has 1 N–H and O–H groups in total. The number of aliphatic hydroxyl groups excluding tert-OH is 1. The third kappa shape index (κ3) is 3.67. The lowest BCUT2D eigenvalue weighted by Gasteiger charge is -2.21. The molecule has 0 saturated heterocycles. The lowest BCUT2D eigenvalue weighted by molar-refractivity contribution is -0.385. The van der Waals surface area contributed by atoms with E-state index >= 15 is 0 Å². The third-order valence-corrected chi connectivity index (χ3v) is 3.60. The monoisotopic (exact) mass is 265 g/mol. The molecule has 0 atom stereocenters. The molecule has 1 fully saturated rings. The minimum Gasteiger partial charge on any atom is -0.487 e. The van der Waals surface area contributed by atoms with Gasteiger partial charge in [-0.15, -0.1) is 0 Å². The van der Waals surface area contributed by atoms with E-state index in [1.165, 1.54) is 25.3 Å². The molecular weight excluding hydrogens is 246 g/mol. The van der Waals surface area contributed by atoms with Crippen molar-refractivity contribution in [2.75, 3.05) is 6.61 Å². The molecule has 1 saturated carbocycles. The van der Waals surface area contributed by atoms with Crippen molar-refractivity contribution in [2.24, 2.45) is 5.92 Å². The van der Waals surface area contributed by atoms with Crippen molar-refractivity contribution in [3.05, 3.63) is 33.9 Å². The van der Waals surface area contributed by atoms with Crippen molar-refractivity contribution in [1.82, 2.24) is 0 Å². The van der Waals surface area contributed by atoms with E-state index in [9.17, 15) is 10.1 Å². The Hall–Kier alpha value is -1.62. The summed E-state index contributed by atoms with van der Waals surface area (Å²) in [6, 6.07) is 4.49. The summed E-state index contributed by atoms with van der Waals surface area (Å²) in [5.74, 6) is 0.758. The fourth-order valence-electron chi connectivity index (χ4n) is 2.48. The highest BCUT2D eigenvalue weighted by atomic mass is 16.6. The van der Waals surface area contributed by atoms with Gasteiger partial charge in [0.2, 0.25) is 0 Å². The Morgan fingerprint density at radius 1 is 1.32 bits per heavy atom. The average Bonchev–Trinajstić information content (AvgIpc) is 2.45. The van der Waals surface area contributed by atoms with Crippen LogP contribution in [0.1, 0.15) is 37.7 Å². The van der Waals surface area contributed by atoms with E-state index < -0.39 is 4.92 Å². The van der Waals surface area contributed by atoms with Gasteiger partial charge in [-0.25, -0.2) is 0 Å². The minimum atomic E-state index is -0.447. The molecule has 104 valence electrons. The molecule has 19 heavy (non-hydrogen) atoms. The topological polar surface area (TPSA) is 72.6 Å². The number of hydrogen-bond donors (Lipinski definition) is 1. The number of hydrogen-bond acceptors (Lipinski definition) is 4. The molecule has 0 bridgehead atoms. The SMILES string of the molecule is O=[N+]([O-])c1ccc(CO)cc1OCC1CCCCC1. The van der Waals surface area contributed by atoms with Gasteiger partial charge in [0.1, 0.15) is 0 Å². The highest BCUT2D eigenvalue weighted by molar-refractivity contribution is 5.48. The number of ether oxygens (including phenoxy) is 1. The van der Waals surface area contributed by atoms with E-state index in [4.69, 9.17) is 9.84 Å². The first-order valence-corrected chi connectivity index (χ1v) is 6.71. The predicted molar refractivity (Wildman–Crippen MR) is 71.1 cm³/mol. The van der Waals surface area contributed by atoms with Gasteiger partial charge in [-0.05, 0) is 36.5 Å². The highest BCUT2D eigenvalue weighted by Gasteiger charge is 2.19. The van der Waals surface area contributed by atoms with Gasteiger partial charge < -0.3 is 9.84 Å². The molecule has 0 aromatic heterocycles. The van der Waals surface area contributed by atoms with Crippen LogP contribution in [0, 0.1) is 16.0 Å².